The van der Waals surface area contributed by atoms with Gasteiger partial charge < -0.3 is 19.9 Å². The minimum absolute atomic E-state index is 0.0383. The second kappa shape index (κ2) is 5.07. The highest BCUT2D eigenvalue weighted by molar-refractivity contribution is 5.79. The third-order valence-electron chi connectivity index (χ3n) is 3.27. The Hall–Kier alpha value is -1.79. The molecule has 0 aromatic heterocycles. The molecule has 1 saturated heterocycles. The number of piperazine rings is 1. The summed E-state index contributed by atoms with van der Waals surface area (Å²) in [6.07, 6.45) is 0. The van der Waals surface area contributed by atoms with Gasteiger partial charge in [-0.05, 0) is 17.7 Å². The molecule has 6 heteroatoms. The van der Waals surface area contributed by atoms with Gasteiger partial charge in [0.25, 0.3) is 0 Å². The van der Waals surface area contributed by atoms with Gasteiger partial charge in [0.2, 0.25) is 12.7 Å². The summed E-state index contributed by atoms with van der Waals surface area (Å²) in [5, 5.41) is 11.9. The average Bonchev–Trinajstić information content (AvgIpc) is 2.85. The van der Waals surface area contributed by atoms with E-state index in [0.29, 0.717) is 19.6 Å². The van der Waals surface area contributed by atoms with Gasteiger partial charge in [-0.15, -0.1) is 0 Å². The summed E-state index contributed by atoms with van der Waals surface area (Å²) in [7, 11) is 0. The Morgan fingerprint density at radius 2 is 2.21 bits per heavy atom. The summed E-state index contributed by atoms with van der Waals surface area (Å²) in [5.74, 6) is 1.46. The van der Waals surface area contributed by atoms with Crippen LogP contribution in [0.25, 0.3) is 0 Å². The maximum absolute atomic E-state index is 11.5. The fraction of sp³-hybridized carbons (Fsp3) is 0.462. The van der Waals surface area contributed by atoms with Crippen LogP contribution in [0.15, 0.2) is 18.2 Å². The number of nitrogens with zero attached hydrogens (tertiary/aromatic N) is 1. The molecule has 0 aliphatic carbocycles. The van der Waals surface area contributed by atoms with E-state index in [9.17, 15) is 4.79 Å². The molecular formula is C13H16N2O4. The number of rotatable bonds is 3. The number of fused-ring (bicyclic) bond motifs is 1. The second-order valence-corrected chi connectivity index (χ2v) is 4.80. The Labute approximate surface area is 110 Å². The molecule has 2 aliphatic rings. The van der Waals surface area contributed by atoms with E-state index in [1.54, 1.807) is 0 Å². The third kappa shape index (κ3) is 2.64. The minimum Gasteiger partial charge on any atom is -0.454 e. The summed E-state index contributed by atoms with van der Waals surface area (Å²) in [6, 6.07) is 5.59. The van der Waals surface area contributed by atoms with Gasteiger partial charge in [-0.25, -0.2) is 0 Å². The normalized spacial score (nSPS) is 22.4. The van der Waals surface area contributed by atoms with Crippen LogP contribution >= 0.6 is 0 Å². The van der Waals surface area contributed by atoms with Crippen LogP contribution in [-0.2, 0) is 11.3 Å². The van der Waals surface area contributed by atoms with E-state index < -0.39 is 0 Å². The summed E-state index contributed by atoms with van der Waals surface area (Å²) in [6.45, 7) is 1.88. The molecule has 19 heavy (non-hydrogen) atoms. The van der Waals surface area contributed by atoms with E-state index in [2.05, 4.69) is 5.32 Å². The van der Waals surface area contributed by atoms with E-state index in [1.165, 1.54) is 0 Å². The lowest BCUT2D eigenvalue weighted by Gasteiger charge is -2.32. The standard InChI is InChI=1S/C13H16N2O4/c16-7-10-5-15(6-13(17)14-10)4-9-1-2-11-12(3-9)19-8-18-11/h1-3,10,16H,4-8H2,(H,14,17). The summed E-state index contributed by atoms with van der Waals surface area (Å²) in [5.41, 5.74) is 1.07. The van der Waals surface area contributed by atoms with Crippen molar-refractivity contribution in [3.63, 3.8) is 0 Å². The van der Waals surface area contributed by atoms with Gasteiger partial charge in [0.05, 0.1) is 19.2 Å². The number of amides is 1. The van der Waals surface area contributed by atoms with Crippen molar-refractivity contribution in [3.05, 3.63) is 23.8 Å². The van der Waals surface area contributed by atoms with Gasteiger partial charge in [0.15, 0.2) is 11.5 Å². The Morgan fingerprint density at radius 3 is 3.05 bits per heavy atom. The zero-order valence-corrected chi connectivity index (χ0v) is 10.5. The molecule has 1 atom stereocenters. The van der Waals surface area contributed by atoms with Crippen LogP contribution in [0.3, 0.4) is 0 Å². The monoisotopic (exact) mass is 264 g/mol. The molecule has 1 fully saturated rings. The van der Waals surface area contributed by atoms with Crippen molar-refractivity contribution in [3.8, 4) is 11.5 Å². The van der Waals surface area contributed by atoms with Crippen LogP contribution in [0, 0.1) is 0 Å². The van der Waals surface area contributed by atoms with Crippen LogP contribution < -0.4 is 14.8 Å². The van der Waals surface area contributed by atoms with Crippen molar-refractivity contribution >= 4 is 5.91 Å². The van der Waals surface area contributed by atoms with E-state index in [4.69, 9.17) is 14.6 Å². The molecule has 1 aromatic rings. The zero-order chi connectivity index (χ0) is 13.2. The van der Waals surface area contributed by atoms with Crippen molar-refractivity contribution in [1.29, 1.82) is 0 Å². The van der Waals surface area contributed by atoms with Crippen LogP contribution in [0.4, 0.5) is 0 Å². The molecule has 3 rings (SSSR count). The molecule has 1 amide bonds. The highest BCUT2D eigenvalue weighted by Crippen LogP contribution is 2.32. The first-order chi connectivity index (χ1) is 9.24. The molecule has 0 saturated carbocycles. The van der Waals surface area contributed by atoms with Gasteiger partial charge in [-0.2, -0.15) is 0 Å². The van der Waals surface area contributed by atoms with Crippen LogP contribution in [0.5, 0.6) is 11.5 Å². The molecule has 0 bridgehead atoms. The first kappa shape index (κ1) is 12.3. The third-order valence-corrected chi connectivity index (χ3v) is 3.27. The predicted molar refractivity (Wildman–Crippen MR) is 66.9 cm³/mol. The van der Waals surface area contributed by atoms with Crippen molar-refractivity contribution in [2.24, 2.45) is 0 Å². The van der Waals surface area contributed by atoms with Crippen molar-refractivity contribution in [1.82, 2.24) is 10.2 Å². The maximum atomic E-state index is 11.5. The summed E-state index contributed by atoms with van der Waals surface area (Å²) in [4.78, 5) is 13.5. The maximum Gasteiger partial charge on any atom is 0.234 e. The lowest BCUT2D eigenvalue weighted by Crippen LogP contribution is -2.55. The fourth-order valence-corrected chi connectivity index (χ4v) is 2.42. The van der Waals surface area contributed by atoms with Crippen molar-refractivity contribution in [2.45, 2.75) is 12.6 Å². The molecule has 0 radical (unpaired) electrons. The second-order valence-electron chi connectivity index (χ2n) is 4.80. The van der Waals surface area contributed by atoms with Gasteiger partial charge in [-0.3, -0.25) is 9.69 Å². The van der Waals surface area contributed by atoms with Crippen molar-refractivity contribution < 1.29 is 19.4 Å². The number of hydrogen-bond acceptors (Lipinski definition) is 5. The van der Waals surface area contributed by atoms with E-state index in [-0.39, 0.29) is 25.3 Å². The first-order valence-electron chi connectivity index (χ1n) is 6.25. The number of aliphatic hydroxyl groups is 1. The van der Waals surface area contributed by atoms with Gasteiger partial charge >= 0.3 is 0 Å². The number of aliphatic hydroxyl groups excluding tert-OH is 1. The van der Waals surface area contributed by atoms with E-state index in [0.717, 1.165) is 17.1 Å². The Balaban J connectivity index is 1.69. The topological polar surface area (TPSA) is 71.0 Å². The van der Waals surface area contributed by atoms with Gasteiger partial charge in [-0.1, -0.05) is 6.07 Å². The zero-order valence-electron chi connectivity index (χ0n) is 10.5. The number of nitrogens with one attached hydrogen (secondary N) is 1. The number of carbonyl (C=O) groups is 1. The molecule has 2 heterocycles. The lowest BCUT2D eigenvalue weighted by molar-refractivity contribution is -0.126. The summed E-state index contributed by atoms with van der Waals surface area (Å²) < 4.78 is 10.6. The SMILES string of the molecule is O=C1CN(Cc2ccc3c(c2)OCO3)CC(CO)N1. The van der Waals surface area contributed by atoms with Crippen LogP contribution in [-0.4, -0.2) is 48.4 Å². The quantitative estimate of drug-likeness (QED) is 0.785. The molecular weight excluding hydrogens is 248 g/mol. The highest BCUT2D eigenvalue weighted by Gasteiger charge is 2.24. The van der Waals surface area contributed by atoms with Crippen LogP contribution in [0.1, 0.15) is 5.56 Å². The molecule has 2 N–H and O–H groups in total. The number of hydrogen-bond donors (Lipinski definition) is 2. The molecule has 1 aromatic carbocycles. The molecule has 1 unspecified atom stereocenters. The van der Waals surface area contributed by atoms with E-state index >= 15 is 0 Å². The highest BCUT2D eigenvalue weighted by atomic mass is 16.7. The fourth-order valence-electron chi connectivity index (χ4n) is 2.42. The lowest BCUT2D eigenvalue weighted by atomic mass is 10.1. The average molecular weight is 264 g/mol. The molecule has 2 aliphatic heterocycles. The number of ether oxygens (including phenoxy) is 2. The Bertz CT molecular complexity index is 492. The minimum atomic E-state index is -0.185. The van der Waals surface area contributed by atoms with Gasteiger partial charge in [0, 0.05) is 13.1 Å². The molecule has 0 spiro atoms. The number of carbonyl (C=O) groups excluding carboxylic acids is 1. The first-order valence-corrected chi connectivity index (χ1v) is 6.25. The smallest absolute Gasteiger partial charge is 0.234 e. The largest absolute Gasteiger partial charge is 0.454 e. The molecule has 6 nitrogen and oxygen atoms in total. The Morgan fingerprint density at radius 1 is 1.37 bits per heavy atom. The van der Waals surface area contributed by atoms with Crippen molar-refractivity contribution in [2.75, 3.05) is 26.5 Å². The Kier molecular flexibility index (Phi) is 3.27. The molecule has 102 valence electrons. The summed E-state index contributed by atoms with van der Waals surface area (Å²) >= 11 is 0. The number of benzene rings is 1. The predicted octanol–water partition coefficient (Wildman–Crippen LogP) is -0.292. The van der Waals surface area contributed by atoms with E-state index in [1.807, 2.05) is 23.1 Å². The van der Waals surface area contributed by atoms with Gasteiger partial charge in [0.1, 0.15) is 0 Å². The van der Waals surface area contributed by atoms with Crippen LogP contribution in [0.2, 0.25) is 0 Å².